The molecule has 7 nitrogen and oxygen atoms in total. The molecule has 2 aliphatic rings. The molecule has 0 aliphatic carbocycles. The van der Waals surface area contributed by atoms with Crippen molar-refractivity contribution in [1.29, 1.82) is 0 Å². The number of hydrogen-bond donors (Lipinski definition) is 3. The number of hydrazine groups is 1. The van der Waals surface area contributed by atoms with E-state index in [0.29, 0.717) is 29.3 Å². The molecule has 0 spiro atoms. The fourth-order valence-electron chi connectivity index (χ4n) is 3.37. The van der Waals surface area contributed by atoms with E-state index in [2.05, 4.69) is 27.2 Å². The molecule has 5 N–H and O–H groups in total. The molecule has 1 fully saturated rings. The minimum atomic E-state index is -0.477. The van der Waals surface area contributed by atoms with Crippen molar-refractivity contribution < 1.29 is 4.39 Å². The fourth-order valence-corrected chi connectivity index (χ4v) is 3.37. The predicted molar refractivity (Wildman–Crippen MR) is 112 cm³/mol. The molecular formula is C21H24FN7. The van der Waals surface area contributed by atoms with Gasteiger partial charge in [-0.05, 0) is 25.0 Å². The summed E-state index contributed by atoms with van der Waals surface area (Å²) in [6.45, 7) is 2.27. The first-order valence-corrected chi connectivity index (χ1v) is 9.61. The van der Waals surface area contributed by atoms with Crippen LogP contribution in [0.5, 0.6) is 0 Å². The molecule has 0 unspecified atom stereocenters. The van der Waals surface area contributed by atoms with Gasteiger partial charge < -0.3 is 21.4 Å². The molecule has 0 bridgehead atoms. The number of nitrogens with two attached hydrogens (primary N) is 2. The molecule has 29 heavy (non-hydrogen) atoms. The van der Waals surface area contributed by atoms with E-state index in [9.17, 15) is 4.39 Å². The Morgan fingerprint density at radius 2 is 2.03 bits per heavy atom. The zero-order chi connectivity index (χ0) is 20.4. The normalized spacial score (nSPS) is 17.1. The van der Waals surface area contributed by atoms with E-state index in [1.54, 1.807) is 18.3 Å². The van der Waals surface area contributed by atoms with Gasteiger partial charge in [-0.15, -0.1) is 0 Å². The number of halogens is 1. The number of rotatable bonds is 2. The standard InChI is InChI=1S/C21H24FN7/c1-28-13-14(11-26-28)2-3-16-12-25-21(29-8-6-17(23)7-9-29)27-20(16)15-4-5-19(24)18(22)10-15/h4-5,10,12-13,17,26H,6-9,11,23-24H2,1H3. The maximum Gasteiger partial charge on any atom is 0.225 e. The lowest BCUT2D eigenvalue weighted by Gasteiger charge is -2.30. The van der Waals surface area contributed by atoms with E-state index >= 15 is 0 Å². The molecular weight excluding hydrogens is 369 g/mol. The topological polar surface area (TPSA) is 96.3 Å². The van der Waals surface area contributed by atoms with Gasteiger partial charge in [0.15, 0.2) is 0 Å². The largest absolute Gasteiger partial charge is 0.396 e. The summed E-state index contributed by atoms with van der Waals surface area (Å²) in [4.78, 5) is 11.4. The third kappa shape index (κ3) is 4.31. The average molecular weight is 393 g/mol. The van der Waals surface area contributed by atoms with Crippen molar-refractivity contribution in [2.75, 3.05) is 37.3 Å². The van der Waals surface area contributed by atoms with Gasteiger partial charge in [0, 0.05) is 56.3 Å². The molecule has 8 heteroatoms. The van der Waals surface area contributed by atoms with E-state index in [0.717, 1.165) is 31.5 Å². The van der Waals surface area contributed by atoms with Gasteiger partial charge in [-0.1, -0.05) is 17.9 Å². The summed E-state index contributed by atoms with van der Waals surface area (Å²) < 4.78 is 14.1. The number of nitrogens with zero attached hydrogens (tertiary/aromatic N) is 4. The Morgan fingerprint density at radius 3 is 2.72 bits per heavy atom. The van der Waals surface area contributed by atoms with Gasteiger partial charge >= 0.3 is 0 Å². The zero-order valence-electron chi connectivity index (χ0n) is 16.3. The summed E-state index contributed by atoms with van der Waals surface area (Å²) in [5, 5.41) is 1.86. The van der Waals surface area contributed by atoms with Crippen LogP contribution in [0, 0.1) is 17.7 Å². The second-order valence-corrected chi connectivity index (χ2v) is 7.34. The maximum atomic E-state index is 14.1. The molecule has 0 radical (unpaired) electrons. The highest BCUT2D eigenvalue weighted by atomic mass is 19.1. The van der Waals surface area contributed by atoms with Gasteiger partial charge in [0.25, 0.3) is 0 Å². The number of hydrogen-bond acceptors (Lipinski definition) is 7. The molecule has 1 aromatic heterocycles. The van der Waals surface area contributed by atoms with Crippen LogP contribution in [0.25, 0.3) is 11.3 Å². The number of nitrogens with one attached hydrogen (secondary N) is 1. The summed E-state index contributed by atoms with van der Waals surface area (Å²) in [7, 11) is 1.92. The number of anilines is 2. The first kappa shape index (κ1) is 19.2. The van der Waals surface area contributed by atoms with E-state index in [1.165, 1.54) is 6.07 Å². The van der Waals surface area contributed by atoms with Gasteiger partial charge in [0.05, 0.1) is 16.9 Å². The molecule has 2 aromatic rings. The third-order valence-corrected chi connectivity index (χ3v) is 5.10. The number of piperidine rings is 1. The molecule has 1 aromatic carbocycles. The Balaban J connectivity index is 1.73. The highest BCUT2D eigenvalue weighted by molar-refractivity contribution is 5.70. The lowest BCUT2D eigenvalue weighted by Crippen LogP contribution is -2.40. The molecule has 2 aliphatic heterocycles. The number of benzene rings is 1. The molecule has 0 atom stereocenters. The Bertz CT molecular complexity index is 1000. The lowest BCUT2D eigenvalue weighted by atomic mass is 10.1. The van der Waals surface area contributed by atoms with Crippen molar-refractivity contribution >= 4 is 11.6 Å². The highest BCUT2D eigenvalue weighted by Gasteiger charge is 2.20. The van der Waals surface area contributed by atoms with Crippen LogP contribution >= 0.6 is 0 Å². The van der Waals surface area contributed by atoms with Gasteiger partial charge in [-0.2, -0.15) is 0 Å². The molecule has 1 saturated heterocycles. The van der Waals surface area contributed by atoms with Crippen LogP contribution in [0.3, 0.4) is 0 Å². The van der Waals surface area contributed by atoms with E-state index in [-0.39, 0.29) is 11.7 Å². The molecule has 3 heterocycles. The van der Waals surface area contributed by atoms with E-state index in [4.69, 9.17) is 16.5 Å². The summed E-state index contributed by atoms with van der Waals surface area (Å²) >= 11 is 0. The number of nitrogen functional groups attached to an aromatic ring is 1. The van der Waals surface area contributed by atoms with Crippen molar-refractivity contribution in [3.8, 4) is 23.1 Å². The Kier molecular flexibility index (Phi) is 5.34. The molecule has 0 saturated carbocycles. The smallest absolute Gasteiger partial charge is 0.225 e. The van der Waals surface area contributed by atoms with Gasteiger partial charge in [-0.25, -0.2) is 19.8 Å². The van der Waals surface area contributed by atoms with Crippen LogP contribution in [-0.2, 0) is 0 Å². The predicted octanol–water partition coefficient (Wildman–Crippen LogP) is 1.48. The number of aromatic nitrogens is 2. The quantitative estimate of drug-likeness (QED) is 0.525. The Hall–Kier alpha value is -3.15. The molecule has 150 valence electrons. The first-order chi connectivity index (χ1) is 14.0. The van der Waals surface area contributed by atoms with Crippen molar-refractivity contribution in [2.24, 2.45) is 5.73 Å². The average Bonchev–Trinajstić information content (AvgIpc) is 3.14. The SMILES string of the molecule is CN1C=C(C#Cc2cnc(N3CCC(N)CC3)nc2-c2ccc(N)c(F)c2)CN1. The minimum Gasteiger partial charge on any atom is -0.396 e. The summed E-state index contributed by atoms with van der Waals surface area (Å²) in [6, 6.07) is 4.91. The van der Waals surface area contributed by atoms with Crippen LogP contribution in [-0.4, -0.2) is 47.7 Å². The van der Waals surface area contributed by atoms with E-state index < -0.39 is 5.82 Å². The second-order valence-electron chi connectivity index (χ2n) is 7.34. The summed E-state index contributed by atoms with van der Waals surface area (Å²) in [5.41, 5.74) is 17.7. The molecule has 0 amide bonds. The third-order valence-electron chi connectivity index (χ3n) is 5.10. The summed E-state index contributed by atoms with van der Waals surface area (Å²) in [5.74, 6) is 6.42. The van der Waals surface area contributed by atoms with E-state index in [1.807, 2.05) is 18.3 Å². The highest BCUT2D eigenvalue weighted by Crippen LogP contribution is 2.26. The summed E-state index contributed by atoms with van der Waals surface area (Å²) in [6.07, 6.45) is 5.43. The van der Waals surface area contributed by atoms with Crippen molar-refractivity contribution in [3.63, 3.8) is 0 Å². The van der Waals surface area contributed by atoms with Gasteiger partial charge in [-0.3, -0.25) is 0 Å². The van der Waals surface area contributed by atoms with Crippen molar-refractivity contribution in [1.82, 2.24) is 20.4 Å². The zero-order valence-corrected chi connectivity index (χ0v) is 16.3. The van der Waals surface area contributed by atoms with Crippen LogP contribution in [0.2, 0.25) is 0 Å². The fraction of sp³-hybridized carbons (Fsp3) is 0.333. The maximum absolute atomic E-state index is 14.1. The van der Waals surface area contributed by atoms with Crippen molar-refractivity contribution in [2.45, 2.75) is 18.9 Å². The Labute approximate surface area is 169 Å². The van der Waals surface area contributed by atoms with Crippen LogP contribution < -0.4 is 21.8 Å². The molecule has 4 rings (SSSR count). The lowest BCUT2D eigenvalue weighted by molar-refractivity contribution is 0.374. The second kappa shape index (κ2) is 8.07. The first-order valence-electron chi connectivity index (χ1n) is 9.61. The van der Waals surface area contributed by atoms with Gasteiger partial charge in [0.1, 0.15) is 5.82 Å². The Morgan fingerprint density at radius 1 is 1.24 bits per heavy atom. The van der Waals surface area contributed by atoms with Crippen LogP contribution in [0.1, 0.15) is 18.4 Å². The van der Waals surface area contributed by atoms with Crippen LogP contribution in [0.15, 0.2) is 36.2 Å². The van der Waals surface area contributed by atoms with Gasteiger partial charge in [0.2, 0.25) is 5.95 Å². The van der Waals surface area contributed by atoms with Crippen molar-refractivity contribution in [3.05, 3.63) is 47.5 Å². The van der Waals surface area contributed by atoms with Crippen LogP contribution in [0.4, 0.5) is 16.0 Å². The monoisotopic (exact) mass is 393 g/mol. The minimum absolute atomic E-state index is 0.103.